The number of carbonyl (C=O) groups is 4. The summed E-state index contributed by atoms with van der Waals surface area (Å²) in [6.45, 7) is 7.59. The Balaban J connectivity index is 1.82. The average Bonchev–Trinajstić information content (AvgIpc) is 3.41. The number of nitrogens with zero attached hydrogens (tertiary/aromatic N) is 2. The number of ether oxygens (including phenoxy) is 3. The second-order valence-electron chi connectivity index (χ2n) is 8.64. The molecule has 38 heavy (non-hydrogen) atoms. The van der Waals surface area contributed by atoms with E-state index in [-0.39, 0.29) is 16.6 Å². The van der Waals surface area contributed by atoms with Gasteiger partial charge in [0.25, 0.3) is 5.91 Å². The van der Waals surface area contributed by atoms with Gasteiger partial charge in [0.05, 0.1) is 32.1 Å². The molecule has 1 aliphatic rings. The molecule has 0 bridgehead atoms. The lowest BCUT2D eigenvalue weighted by Gasteiger charge is -2.25. The van der Waals surface area contributed by atoms with Crippen LogP contribution in [0.2, 0.25) is 0 Å². The van der Waals surface area contributed by atoms with Crippen molar-refractivity contribution in [2.75, 3.05) is 25.2 Å². The predicted molar refractivity (Wildman–Crippen MR) is 141 cm³/mol. The van der Waals surface area contributed by atoms with Crippen molar-refractivity contribution < 1.29 is 33.4 Å². The zero-order valence-corrected chi connectivity index (χ0v) is 22.6. The van der Waals surface area contributed by atoms with Gasteiger partial charge in [-0.05, 0) is 69.2 Å². The molecule has 1 aromatic heterocycles. The van der Waals surface area contributed by atoms with Crippen molar-refractivity contribution in [2.45, 2.75) is 33.7 Å². The zero-order chi connectivity index (χ0) is 27.6. The van der Waals surface area contributed by atoms with Gasteiger partial charge in [-0.15, -0.1) is 0 Å². The fourth-order valence-corrected chi connectivity index (χ4v) is 5.48. The first-order valence-electron chi connectivity index (χ1n) is 12.1. The van der Waals surface area contributed by atoms with Crippen LogP contribution in [-0.4, -0.2) is 48.8 Å². The van der Waals surface area contributed by atoms with Crippen LogP contribution in [0, 0.1) is 19.8 Å². The van der Waals surface area contributed by atoms with Crippen LogP contribution in [0.1, 0.15) is 56.7 Å². The molecule has 1 amide bonds. The molecule has 3 aromatic rings. The summed E-state index contributed by atoms with van der Waals surface area (Å²) in [6.07, 6.45) is 0. The van der Waals surface area contributed by atoms with Crippen LogP contribution in [-0.2, 0) is 14.3 Å². The number of aromatic nitrogens is 1. The van der Waals surface area contributed by atoms with E-state index in [4.69, 9.17) is 14.2 Å². The molecule has 198 valence electrons. The maximum atomic E-state index is 13.9. The highest BCUT2D eigenvalue weighted by Crippen LogP contribution is 2.44. The lowest BCUT2D eigenvalue weighted by molar-refractivity contribution is -0.135. The Kier molecular flexibility index (Phi) is 7.91. The van der Waals surface area contributed by atoms with Crippen LogP contribution in [0.15, 0.2) is 42.5 Å². The molecule has 10 heteroatoms. The van der Waals surface area contributed by atoms with E-state index in [0.29, 0.717) is 40.5 Å². The molecule has 1 saturated heterocycles. The van der Waals surface area contributed by atoms with Gasteiger partial charge in [-0.1, -0.05) is 23.5 Å². The first-order valence-corrected chi connectivity index (χ1v) is 13.0. The second kappa shape index (κ2) is 11.1. The summed E-state index contributed by atoms with van der Waals surface area (Å²) in [7, 11) is 1.53. The van der Waals surface area contributed by atoms with Crippen LogP contribution >= 0.6 is 11.3 Å². The summed E-state index contributed by atoms with van der Waals surface area (Å²) >= 11 is 0.952. The smallest absolute Gasteiger partial charge is 0.350 e. The van der Waals surface area contributed by atoms with Crippen molar-refractivity contribution in [3.63, 3.8) is 0 Å². The van der Waals surface area contributed by atoms with Crippen molar-refractivity contribution in [2.24, 2.45) is 5.92 Å². The fraction of sp³-hybridized carbons (Fsp3) is 0.321. The lowest BCUT2D eigenvalue weighted by atomic mass is 9.85. The predicted octanol–water partition coefficient (Wildman–Crippen LogP) is 4.50. The molecule has 1 fully saturated rings. The third kappa shape index (κ3) is 4.91. The van der Waals surface area contributed by atoms with E-state index < -0.39 is 35.4 Å². The van der Waals surface area contributed by atoms with E-state index in [1.165, 1.54) is 12.0 Å². The molecule has 2 atom stereocenters. The van der Waals surface area contributed by atoms with Gasteiger partial charge < -0.3 is 14.2 Å². The number of hydrogen-bond donors (Lipinski definition) is 0. The number of rotatable bonds is 9. The standard InChI is InChI=1S/C28H28N2O7S/c1-6-36-19-12-13-20(15(3)14-19)23(31)21-22(17-8-10-18(35-5)11-9-17)30(26(33)24(21)32)28-29-16(4)25(38-28)27(34)37-7-2/h8-14,21-22H,6-7H2,1-5H3. The maximum Gasteiger partial charge on any atom is 0.350 e. The SMILES string of the molecule is CCOC(=O)c1sc(N2C(=O)C(=O)C(C(=O)c3ccc(OCC)cc3C)C2c2ccc(OC)cc2)nc1C. The summed E-state index contributed by atoms with van der Waals surface area (Å²) in [5.74, 6) is -2.88. The quantitative estimate of drug-likeness (QED) is 0.170. The highest BCUT2D eigenvalue weighted by molar-refractivity contribution is 7.17. The third-order valence-electron chi connectivity index (χ3n) is 6.27. The minimum absolute atomic E-state index is 0.142. The first-order chi connectivity index (χ1) is 18.2. The molecule has 4 rings (SSSR count). The second-order valence-corrected chi connectivity index (χ2v) is 9.62. The van der Waals surface area contributed by atoms with Crippen molar-refractivity contribution in [1.82, 2.24) is 4.98 Å². The Labute approximate surface area is 224 Å². The van der Waals surface area contributed by atoms with Crippen LogP contribution in [0.3, 0.4) is 0 Å². The van der Waals surface area contributed by atoms with E-state index >= 15 is 0 Å². The molecule has 0 spiro atoms. The number of esters is 1. The van der Waals surface area contributed by atoms with Crippen molar-refractivity contribution in [3.8, 4) is 11.5 Å². The van der Waals surface area contributed by atoms with Gasteiger partial charge in [0, 0.05) is 5.56 Å². The monoisotopic (exact) mass is 536 g/mol. The molecule has 2 aromatic carbocycles. The number of thiazole rings is 1. The first kappa shape index (κ1) is 27.0. The molecule has 0 aliphatic carbocycles. The van der Waals surface area contributed by atoms with Gasteiger partial charge in [-0.3, -0.25) is 19.3 Å². The summed E-state index contributed by atoms with van der Waals surface area (Å²) in [5, 5.41) is 0.142. The largest absolute Gasteiger partial charge is 0.497 e. The number of methoxy groups -OCH3 is 1. The Morgan fingerprint density at radius 2 is 1.68 bits per heavy atom. The molecule has 2 unspecified atom stereocenters. The van der Waals surface area contributed by atoms with E-state index in [1.54, 1.807) is 63.2 Å². The summed E-state index contributed by atoms with van der Waals surface area (Å²) in [6, 6.07) is 10.8. The number of amides is 1. The van der Waals surface area contributed by atoms with Crippen LogP contribution in [0.25, 0.3) is 0 Å². The average molecular weight is 537 g/mol. The van der Waals surface area contributed by atoms with Gasteiger partial charge in [-0.2, -0.15) is 0 Å². The fourth-order valence-electron chi connectivity index (χ4n) is 4.49. The van der Waals surface area contributed by atoms with Crippen molar-refractivity contribution in [1.29, 1.82) is 0 Å². The summed E-state index contributed by atoms with van der Waals surface area (Å²) in [5.41, 5.74) is 1.87. The number of aryl methyl sites for hydroxylation is 2. The molecule has 0 radical (unpaired) electrons. The third-order valence-corrected chi connectivity index (χ3v) is 7.41. The Morgan fingerprint density at radius 3 is 2.29 bits per heavy atom. The number of carbonyl (C=O) groups excluding carboxylic acids is 4. The molecular formula is C28H28N2O7S. The number of ketones is 2. The van der Waals surface area contributed by atoms with Gasteiger partial charge in [0.2, 0.25) is 5.78 Å². The lowest BCUT2D eigenvalue weighted by Crippen LogP contribution is -2.30. The number of Topliss-reactive ketones (excluding diaryl/α,β-unsaturated/α-hetero) is 2. The Morgan fingerprint density at radius 1 is 1.00 bits per heavy atom. The van der Waals surface area contributed by atoms with Gasteiger partial charge in [0.15, 0.2) is 10.9 Å². The number of benzene rings is 2. The zero-order valence-electron chi connectivity index (χ0n) is 21.8. The minimum atomic E-state index is -1.32. The molecule has 1 aliphatic heterocycles. The van der Waals surface area contributed by atoms with Crippen LogP contribution in [0.4, 0.5) is 5.13 Å². The molecular weight excluding hydrogens is 508 g/mol. The number of anilines is 1. The molecule has 9 nitrogen and oxygen atoms in total. The van der Waals surface area contributed by atoms with Gasteiger partial charge >= 0.3 is 5.97 Å². The molecule has 2 heterocycles. The summed E-state index contributed by atoms with van der Waals surface area (Å²) in [4.78, 5) is 59.1. The highest BCUT2D eigenvalue weighted by Gasteiger charge is 2.53. The van der Waals surface area contributed by atoms with Gasteiger partial charge in [-0.25, -0.2) is 9.78 Å². The number of hydrogen-bond acceptors (Lipinski definition) is 9. The van der Waals surface area contributed by atoms with E-state index in [2.05, 4.69) is 4.98 Å². The van der Waals surface area contributed by atoms with E-state index in [9.17, 15) is 19.2 Å². The van der Waals surface area contributed by atoms with E-state index in [0.717, 1.165) is 11.3 Å². The van der Waals surface area contributed by atoms with Crippen molar-refractivity contribution >= 4 is 39.9 Å². The van der Waals surface area contributed by atoms with Crippen LogP contribution < -0.4 is 14.4 Å². The molecule has 0 saturated carbocycles. The Hall–Kier alpha value is -4.05. The highest BCUT2D eigenvalue weighted by atomic mass is 32.1. The molecule has 0 N–H and O–H groups in total. The van der Waals surface area contributed by atoms with Crippen LogP contribution in [0.5, 0.6) is 11.5 Å². The van der Waals surface area contributed by atoms with Gasteiger partial charge in [0.1, 0.15) is 22.3 Å². The normalized spacial score (nSPS) is 17.0. The Bertz CT molecular complexity index is 1400. The summed E-state index contributed by atoms with van der Waals surface area (Å²) < 4.78 is 15.9. The van der Waals surface area contributed by atoms with Crippen molar-refractivity contribution in [3.05, 3.63) is 69.7 Å². The topological polar surface area (TPSA) is 112 Å². The maximum absolute atomic E-state index is 13.9. The minimum Gasteiger partial charge on any atom is -0.497 e. The van der Waals surface area contributed by atoms with E-state index in [1.807, 2.05) is 6.92 Å².